The quantitative estimate of drug-likeness (QED) is 0.759. The summed E-state index contributed by atoms with van der Waals surface area (Å²) in [6.45, 7) is 7.08. The molecule has 1 fully saturated rings. The van der Waals surface area contributed by atoms with Crippen molar-refractivity contribution in [2.45, 2.75) is 58.9 Å². The van der Waals surface area contributed by atoms with Gasteiger partial charge in [0.15, 0.2) is 0 Å². The second kappa shape index (κ2) is 5.67. The van der Waals surface area contributed by atoms with Crippen molar-refractivity contribution in [3.05, 3.63) is 0 Å². The molecule has 0 aliphatic heterocycles. The van der Waals surface area contributed by atoms with Gasteiger partial charge >= 0.3 is 5.97 Å². The Balaban J connectivity index is 2.56. The van der Waals surface area contributed by atoms with Gasteiger partial charge in [-0.2, -0.15) is 0 Å². The van der Waals surface area contributed by atoms with Crippen LogP contribution in [0.1, 0.15) is 52.9 Å². The van der Waals surface area contributed by atoms with Crippen molar-refractivity contribution in [2.75, 3.05) is 6.54 Å². The molecule has 1 aliphatic rings. The van der Waals surface area contributed by atoms with Crippen LogP contribution in [0.4, 0.5) is 0 Å². The van der Waals surface area contributed by atoms with E-state index in [9.17, 15) is 9.90 Å². The highest BCUT2D eigenvalue weighted by atomic mass is 16.4. The van der Waals surface area contributed by atoms with Gasteiger partial charge in [0, 0.05) is 12.6 Å². The molecule has 3 heteroatoms. The van der Waals surface area contributed by atoms with E-state index in [1.165, 1.54) is 0 Å². The number of carboxylic acid groups (broad SMARTS) is 1. The molecule has 0 aromatic rings. The summed E-state index contributed by atoms with van der Waals surface area (Å²) < 4.78 is 0. The van der Waals surface area contributed by atoms with Crippen LogP contribution >= 0.6 is 0 Å². The lowest BCUT2D eigenvalue weighted by Crippen LogP contribution is -2.45. The van der Waals surface area contributed by atoms with E-state index in [-0.39, 0.29) is 0 Å². The van der Waals surface area contributed by atoms with Crippen LogP contribution < -0.4 is 5.32 Å². The highest BCUT2D eigenvalue weighted by Gasteiger charge is 2.40. The largest absolute Gasteiger partial charge is 0.481 e. The molecule has 1 saturated carbocycles. The van der Waals surface area contributed by atoms with Crippen molar-refractivity contribution in [3.8, 4) is 0 Å². The van der Waals surface area contributed by atoms with E-state index in [0.717, 1.165) is 32.1 Å². The second-order valence-corrected chi connectivity index (χ2v) is 5.46. The molecule has 1 rings (SSSR count). The Labute approximate surface area is 98.6 Å². The molecule has 0 amide bonds. The fourth-order valence-corrected chi connectivity index (χ4v) is 2.29. The minimum absolute atomic E-state index is 0.413. The summed E-state index contributed by atoms with van der Waals surface area (Å²) in [6, 6.07) is 0.413. The molecule has 94 valence electrons. The summed E-state index contributed by atoms with van der Waals surface area (Å²) in [5.41, 5.74) is -0.504. The molecule has 0 aromatic heterocycles. The van der Waals surface area contributed by atoms with Crippen LogP contribution in [0, 0.1) is 11.3 Å². The van der Waals surface area contributed by atoms with Gasteiger partial charge in [-0.1, -0.05) is 13.8 Å². The number of carbonyl (C=O) groups is 1. The molecular formula is C13H25NO2. The number of hydrogen-bond acceptors (Lipinski definition) is 2. The van der Waals surface area contributed by atoms with Crippen LogP contribution in [0.15, 0.2) is 0 Å². The molecule has 2 N–H and O–H groups in total. The molecule has 0 spiro atoms. The Morgan fingerprint density at radius 1 is 1.50 bits per heavy atom. The van der Waals surface area contributed by atoms with Gasteiger partial charge in [-0.25, -0.2) is 0 Å². The number of nitrogens with one attached hydrogen (secondary N) is 1. The predicted molar refractivity (Wildman–Crippen MR) is 65.5 cm³/mol. The average molecular weight is 227 g/mol. The zero-order valence-electron chi connectivity index (χ0n) is 10.8. The molecule has 1 unspecified atom stereocenters. The highest BCUT2D eigenvalue weighted by molar-refractivity contribution is 5.75. The average Bonchev–Trinajstić information content (AvgIpc) is 2.28. The van der Waals surface area contributed by atoms with E-state index in [0.29, 0.717) is 18.5 Å². The van der Waals surface area contributed by atoms with Gasteiger partial charge in [0.05, 0.1) is 5.41 Å². The maximum atomic E-state index is 11.4. The molecule has 16 heavy (non-hydrogen) atoms. The van der Waals surface area contributed by atoms with Crippen LogP contribution in [-0.4, -0.2) is 23.7 Å². The van der Waals surface area contributed by atoms with E-state index < -0.39 is 11.4 Å². The maximum Gasteiger partial charge on any atom is 0.310 e. The number of hydrogen-bond donors (Lipinski definition) is 2. The van der Waals surface area contributed by atoms with Crippen LogP contribution in [0.5, 0.6) is 0 Å². The fraction of sp³-hybridized carbons (Fsp3) is 0.923. The molecule has 0 heterocycles. The topological polar surface area (TPSA) is 49.3 Å². The lowest BCUT2D eigenvalue weighted by molar-refractivity contribution is -0.151. The first kappa shape index (κ1) is 13.5. The molecule has 1 atom stereocenters. The van der Waals surface area contributed by atoms with Crippen LogP contribution in [0.3, 0.4) is 0 Å². The predicted octanol–water partition coefficient (Wildman–Crippen LogP) is 2.66. The number of carboxylic acids is 1. The van der Waals surface area contributed by atoms with Gasteiger partial charge in [-0.05, 0) is 44.9 Å². The number of rotatable bonds is 5. The molecule has 3 nitrogen and oxygen atoms in total. The Bertz CT molecular complexity index is 232. The zero-order valence-corrected chi connectivity index (χ0v) is 10.8. The van der Waals surface area contributed by atoms with Crippen molar-refractivity contribution >= 4 is 5.97 Å². The van der Waals surface area contributed by atoms with Gasteiger partial charge in [-0.3, -0.25) is 4.79 Å². The highest BCUT2D eigenvalue weighted by Crippen LogP contribution is 2.38. The zero-order chi connectivity index (χ0) is 12.2. The summed E-state index contributed by atoms with van der Waals surface area (Å²) >= 11 is 0. The van der Waals surface area contributed by atoms with E-state index in [1.54, 1.807) is 0 Å². The molecular weight excluding hydrogens is 202 g/mol. The smallest absolute Gasteiger partial charge is 0.310 e. The third-order valence-electron chi connectivity index (χ3n) is 4.09. The Morgan fingerprint density at radius 3 is 2.50 bits per heavy atom. The van der Waals surface area contributed by atoms with Crippen molar-refractivity contribution in [2.24, 2.45) is 11.3 Å². The van der Waals surface area contributed by atoms with Crippen molar-refractivity contribution in [3.63, 3.8) is 0 Å². The Morgan fingerprint density at radius 2 is 2.06 bits per heavy atom. The van der Waals surface area contributed by atoms with Crippen LogP contribution in [0.25, 0.3) is 0 Å². The van der Waals surface area contributed by atoms with E-state index in [1.807, 2.05) is 0 Å². The maximum absolute atomic E-state index is 11.4. The summed E-state index contributed by atoms with van der Waals surface area (Å²) in [4.78, 5) is 11.4. The van der Waals surface area contributed by atoms with Crippen molar-refractivity contribution in [1.82, 2.24) is 5.32 Å². The minimum Gasteiger partial charge on any atom is -0.481 e. The molecule has 0 aromatic carbocycles. The van der Waals surface area contributed by atoms with Gasteiger partial charge in [0.25, 0.3) is 0 Å². The first-order valence-corrected chi connectivity index (χ1v) is 6.47. The van der Waals surface area contributed by atoms with Crippen LogP contribution in [-0.2, 0) is 4.79 Å². The van der Waals surface area contributed by atoms with Crippen LogP contribution in [0.2, 0.25) is 0 Å². The molecule has 0 saturated heterocycles. The van der Waals surface area contributed by atoms with Gasteiger partial charge in [0.1, 0.15) is 0 Å². The normalized spacial score (nSPS) is 32.3. The lowest BCUT2D eigenvalue weighted by Gasteiger charge is -2.36. The second-order valence-electron chi connectivity index (χ2n) is 5.46. The molecule has 0 bridgehead atoms. The van der Waals surface area contributed by atoms with Crippen molar-refractivity contribution < 1.29 is 9.90 Å². The lowest BCUT2D eigenvalue weighted by atomic mass is 9.70. The summed E-state index contributed by atoms with van der Waals surface area (Å²) in [6.07, 6.45) is 4.80. The summed E-state index contributed by atoms with van der Waals surface area (Å²) in [5, 5.41) is 12.8. The first-order valence-electron chi connectivity index (χ1n) is 6.47. The van der Waals surface area contributed by atoms with E-state index in [2.05, 4.69) is 26.1 Å². The molecule has 0 radical (unpaired) electrons. The van der Waals surface area contributed by atoms with Gasteiger partial charge in [0.2, 0.25) is 0 Å². The fourth-order valence-electron chi connectivity index (χ4n) is 2.29. The first-order chi connectivity index (χ1) is 7.50. The molecule has 1 aliphatic carbocycles. The third kappa shape index (κ3) is 3.21. The summed E-state index contributed by atoms with van der Waals surface area (Å²) in [7, 11) is 0. The number of aliphatic carboxylic acids is 1. The summed E-state index contributed by atoms with van der Waals surface area (Å²) in [5.74, 6) is 0.0753. The van der Waals surface area contributed by atoms with E-state index >= 15 is 0 Å². The minimum atomic E-state index is -0.616. The standard InChI is InChI=1S/C13H25NO2/c1-4-11(3)14-9-13(12(15)16)7-5-10(2)6-8-13/h10-11,14H,4-9H2,1-3H3,(H,15,16). The van der Waals surface area contributed by atoms with Gasteiger partial charge in [-0.15, -0.1) is 0 Å². The third-order valence-corrected chi connectivity index (χ3v) is 4.09. The van der Waals surface area contributed by atoms with E-state index in [4.69, 9.17) is 0 Å². The SMILES string of the molecule is CCC(C)NCC1(C(=O)O)CCC(C)CC1. The Hall–Kier alpha value is -0.570. The Kier molecular flexibility index (Phi) is 4.78. The van der Waals surface area contributed by atoms with Crippen molar-refractivity contribution in [1.29, 1.82) is 0 Å². The monoisotopic (exact) mass is 227 g/mol. The van der Waals surface area contributed by atoms with Gasteiger partial charge < -0.3 is 10.4 Å².